The standard InChI is InChI=1S/C18H26O2/c1-2-18(20)16-14-12-10-8-6-4-3-5-7-9-11-13-15-17-19/h2,4,6,18-20H,1,3,5,7-9,11,13,15,17H2/b6-4-. The summed E-state index contributed by atoms with van der Waals surface area (Å²) in [4.78, 5) is 0. The summed E-state index contributed by atoms with van der Waals surface area (Å²) in [6.45, 7) is 3.74. The minimum absolute atomic E-state index is 0.320. The molecule has 0 saturated carbocycles. The van der Waals surface area contributed by atoms with E-state index in [9.17, 15) is 0 Å². The Morgan fingerprint density at radius 1 is 0.950 bits per heavy atom. The maximum atomic E-state index is 9.06. The second-order valence-corrected chi connectivity index (χ2v) is 4.56. The number of unbranched alkanes of at least 4 members (excludes halogenated alkanes) is 6. The molecule has 0 spiro atoms. The summed E-state index contributed by atoms with van der Waals surface area (Å²) in [5.41, 5.74) is 0. The van der Waals surface area contributed by atoms with Crippen LogP contribution in [-0.4, -0.2) is 22.9 Å². The Balaban J connectivity index is 3.42. The Morgan fingerprint density at radius 2 is 1.65 bits per heavy atom. The van der Waals surface area contributed by atoms with Crippen molar-refractivity contribution in [1.29, 1.82) is 0 Å². The second kappa shape index (κ2) is 15.6. The van der Waals surface area contributed by atoms with Crippen molar-refractivity contribution in [2.24, 2.45) is 0 Å². The lowest BCUT2D eigenvalue weighted by molar-refractivity contribution is 0.281. The van der Waals surface area contributed by atoms with Crippen molar-refractivity contribution < 1.29 is 10.2 Å². The van der Waals surface area contributed by atoms with Gasteiger partial charge >= 0.3 is 0 Å². The first-order valence-electron chi connectivity index (χ1n) is 7.36. The number of allylic oxidation sites excluding steroid dienone is 2. The summed E-state index contributed by atoms with van der Waals surface area (Å²) in [7, 11) is 0. The lowest BCUT2D eigenvalue weighted by Gasteiger charge is -1.98. The molecule has 0 aromatic heterocycles. The molecule has 0 saturated heterocycles. The maximum Gasteiger partial charge on any atom is 0.134 e. The van der Waals surface area contributed by atoms with Gasteiger partial charge < -0.3 is 10.2 Å². The number of rotatable bonds is 10. The average molecular weight is 274 g/mol. The highest BCUT2D eigenvalue weighted by Gasteiger charge is 1.89. The summed E-state index contributed by atoms with van der Waals surface area (Å²) in [5, 5.41) is 17.7. The summed E-state index contributed by atoms with van der Waals surface area (Å²) < 4.78 is 0. The zero-order valence-electron chi connectivity index (χ0n) is 12.3. The SMILES string of the molecule is C=CC(O)C#CC#CC/C=C\CCCCCCCCO. The third kappa shape index (κ3) is 14.6. The number of aliphatic hydroxyl groups excluding tert-OH is 2. The van der Waals surface area contributed by atoms with Crippen LogP contribution in [0.5, 0.6) is 0 Å². The van der Waals surface area contributed by atoms with Gasteiger partial charge in [-0.05, 0) is 31.1 Å². The summed E-state index contributed by atoms with van der Waals surface area (Å²) >= 11 is 0. The number of hydrogen-bond donors (Lipinski definition) is 2. The monoisotopic (exact) mass is 274 g/mol. The lowest BCUT2D eigenvalue weighted by Crippen LogP contribution is -1.94. The first kappa shape index (κ1) is 18.5. The van der Waals surface area contributed by atoms with Crippen LogP contribution in [0.1, 0.15) is 51.4 Å². The van der Waals surface area contributed by atoms with Gasteiger partial charge in [-0.15, -0.1) is 0 Å². The van der Waals surface area contributed by atoms with Crippen LogP contribution in [0.2, 0.25) is 0 Å². The molecule has 2 N–H and O–H groups in total. The molecule has 0 aromatic rings. The minimum Gasteiger partial charge on any atom is -0.396 e. The van der Waals surface area contributed by atoms with E-state index in [0.29, 0.717) is 13.0 Å². The highest BCUT2D eigenvalue weighted by Crippen LogP contribution is 2.07. The third-order valence-corrected chi connectivity index (χ3v) is 2.76. The van der Waals surface area contributed by atoms with Crippen LogP contribution < -0.4 is 0 Å². The molecule has 110 valence electrons. The van der Waals surface area contributed by atoms with Crippen molar-refractivity contribution in [3.63, 3.8) is 0 Å². The van der Waals surface area contributed by atoms with E-state index < -0.39 is 6.10 Å². The molecule has 0 radical (unpaired) electrons. The first-order chi connectivity index (χ1) is 9.81. The van der Waals surface area contributed by atoms with Crippen molar-refractivity contribution in [2.45, 2.75) is 57.5 Å². The predicted molar refractivity (Wildman–Crippen MR) is 84.9 cm³/mol. The molecular weight excluding hydrogens is 248 g/mol. The highest BCUT2D eigenvalue weighted by molar-refractivity contribution is 5.29. The molecule has 20 heavy (non-hydrogen) atoms. The van der Waals surface area contributed by atoms with Crippen LogP contribution in [0.3, 0.4) is 0 Å². The molecular formula is C18H26O2. The fourth-order valence-corrected chi connectivity index (χ4v) is 1.61. The van der Waals surface area contributed by atoms with Gasteiger partial charge in [-0.25, -0.2) is 0 Å². The molecule has 0 aliphatic carbocycles. The summed E-state index contributed by atoms with van der Waals surface area (Å²) in [5.74, 6) is 10.7. The Bertz CT molecular complexity index is 374. The van der Waals surface area contributed by atoms with Gasteiger partial charge in [0.2, 0.25) is 0 Å². The van der Waals surface area contributed by atoms with Gasteiger partial charge in [0, 0.05) is 13.0 Å². The Labute approximate surface area is 123 Å². The van der Waals surface area contributed by atoms with E-state index in [-0.39, 0.29) is 0 Å². The van der Waals surface area contributed by atoms with Gasteiger partial charge in [-0.2, -0.15) is 0 Å². The molecule has 0 heterocycles. The fraction of sp³-hybridized carbons (Fsp3) is 0.556. The molecule has 0 aliphatic rings. The van der Waals surface area contributed by atoms with E-state index in [4.69, 9.17) is 10.2 Å². The quantitative estimate of drug-likeness (QED) is 0.365. The molecule has 0 aromatic carbocycles. The van der Waals surface area contributed by atoms with Crippen LogP contribution in [0.15, 0.2) is 24.8 Å². The van der Waals surface area contributed by atoms with E-state index in [1.54, 1.807) is 0 Å². The van der Waals surface area contributed by atoms with Crippen molar-refractivity contribution in [3.05, 3.63) is 24.8 Å². The van der Waals surface area contributed by atoms with Gasteiger partial charge in [-0.1, -0.05) is 62.3 Å². The predicted octanol–water partition coefficient (Wildman–Crippen LogP) is 3.21. The largest absolute Gasteiger partial charge is 0.396 e. The smallest absolute Gasteiger partial charge is 0.134 e. The minimum atomic E-state index is -0.780. The average Bonchev–Trinajstić information content (AvgIpc) is 2.47. The Morgan fingerprint density at radius 3 is 2.35 bits per heavy atom. The van der Waals surface area contributed by atoms with Gasteiger partial charge in [0.25, 0.3) is 0 Å². The fourth-order valence-electron chi connectivity index (χ4n) is 1.61. The molecule has 0 aliphatic heterocycles. The molecule has 2 heteroatoms. The van der Waals surface area contributed by atoms with Gasteiger partial charge in [-0.3, -0.25) is 0 Å². The molecule has 1 unspecified atom stereocenters. The summed E-state index contributed by atoms with van der Waals surface area (Å²) in [6, 6.07) is 0. The van der Waals surface area contributed by atoms with E-state index >= 15 is 0 Å². The van der Waals surface area contributed by atoms with Crippen LogP contribution in [0.4, 0.5) is 0 Å². The van der Waals surface area contributed by atoms with E-state index in [1.807, 2.05) is 0 Å². The topological polar surface area (TPSA) is 40.5 Å². The third-order valence-electron chi connectivity index (χ3n) is 2.76. The van der Waals surface area contributed by atoms with Gasteiger partial charge in [0.15, 0.2) is 0 Å². The van der Waals surface area contributed by atoms with Crippen LogP contribution in [0, 0.1) is 23.7 Å². The molecule has 0 rings (SSSR count). The van der Waals surface area contributed by atoms with Gasteiger partial charge in [0.1, 0.15) is 6.10 Å². The lowest BCUT2D eigenvalue weighted by atomic mass is 10.1. The number of hydrogen-bond acceptors (Lipinski definition) is 2. The van der Waals surface area contributed by atoms with Crippen molar-refractivity contribution >= 4 is 0 Å². The van der Waals surface area contributed by atoms with Crippen LogP contribution in [0.25, 0.3) is 0 Å². The first-order valence-corrected chi connectivity index (χ1v) is 7.36. The van der Waals surface area contributed by atoms with Crippen LogP contribution in [-0.2, 0) is 0 Å². The second-order valence-electron chi connectivity index (χ2n) is 4.56. The van der Waals surface area contributed by atoms with Gasteiger partial charge in [0.05, 0.1) is 0 Å². The zero-order chi connectivity index (χ0) is 14.9. The van der Waals surface area contributed by atoms with E-state index in [2.05, 4.69) is 42.4 Å². The molecule has 2 nitrogen and oxygen atoms in total. The van der Waals surface area contributed by atoms with E-state index in [1.165, 1.54) is 31.8 Å². The Hall–Kier alpha value is -1.48. The number of aliphatic hydroxyl groups is 2. The van der Waals surface area contributed by atoms with Crippen molar-refractivity contribution in [2.75, 3.05) is 6.61 Å². The Kier molecular flexibility index (Phi) is 14.4. The molecule has 0 fully saturated rings. The molecule has 0 bridgehead atoms. The highest BCUT2D eigenvalue weighted by atomic mass is 16.3. The maximum absolute atomic E-state index is 9.06. The van der Waals surface area contributed by atoms with E-state index in [0.717, 1.165) is 19.3 Å². The van der Waals surface area contributed by atoms with Crippen molar-refractivity contribution in [1.82, 2.24) is 0 Å². The molecule has 1 atom stereocenters. The zero-order valence-corrected chi connectivity index (χ0v) is 12.3. The summed E-state index contributed by atoms with van der Waals surface area (Å²) in [6.07, 6.45) is 13.7. The molecule has 0 amide bonds. The van der Waals surface area contributed by atoms with Crippen LogP contribution >= 0.6 is 0 Å². The van der Waals surface area contributed by atoms with Crippen molar-refractivity contribution in [3.8, 4) is 23.7 Å². The normalized spacial score (nSPS) is 11.3.